The summed E-state index contributed by atoms with van der Waals surface area (Å²) in [6.45, 7) is 2.82. The molecule has 0 aromatic heterocycles. The number of hydrogen-bond acceptors (Lipinski definition) is 2. The number of anilines is 1. The van der Waals surface area contributed by atoms with Gasteiger partial charge in [-0.1, -0.05) is 45.7 Å². The summed E-state index contributed by atoms with van der Waals surface area (Å²) >= 11 is 9.49. The van der Waals surface area contributed by atoms with Crippen LogP contribution in [0.4, 0.5) is 5.69 Å². The van der Waals surface area contributed by atoms with E-state index in [4.69, 9.17) is 17.3 Å². The summed E-state index contributed by atoms with van der Waals surface area (Å²) in [6.07, 6.45) is 0. The second kappa shape index (κ2) is 6.61. The number of hydrogen-bond donors (Lipinski definition) is 1. The van der Waals surface area contributed by atoms with Gasteiger partial charge in [-0.05, 0) is 42.3 Å². The van der Waals surface area contributed by atoms with Crippen molar-refractivity contribution in [2.24, 2.45) is 5.73 Å². The molecule has 2 aromatic rings. The van der Waals surface area contributed by atoms with Crippen LogP contribution in [0.15, 0.2) is 46.9 Å². The first-order valence-corrected chi connectivity index (χ1v) is 7.65. The van der Waals surface area contributed by atoms with Crippen LogP contribution in [0.2, 0.25) is 5.02 Å². The standard InChI is InChI=1S/C16H18BrClN2/c1-11(19)15-8-7-14(9-16(15)17)20(2)10-12-3-5-13(18)6-4-12/h3-9,11H,10,19H2,1-2H3/t11-/m1/s1. The summed E-state index contributed by atoms with van der Waals surface area (Å²) in [7, 11) is 2.07. The molecule has 4 heteroatoms. The van der Waals surface area contributed by atoms with Crippen LogP contribution in [-0.4, -0.2) is 7.05 Å². The molecule has 0 amide bonds. The molecule has 0 saturated heterocycles. The van der Waals surface area contributed by atoms with Crippen LogP contribution < -0.4 is 10.6 Å². The van der Waals surface area contributed by atoms with Gasteiger partial charge in [0.25, 0.3) is 0 Å². The molecule has 0 aliphatic heterocycles. The highest BCUT2D eigenvalue weighted by atomic mass is 79.9. The molecule has 2 N–H and O–H groups in total. The van der Waals surface area contributed by atoms with Crippen LogP contribution in [0.3, 0.4) is 0 Å². The lowest BCUT2D eigenvalue weighted by Crippen LogP contribution is -2.16. The van der Waals surface area contributed by atoms with Crippen LogP contribution >= 0.6 is 27.5 Å². The molecule has 0 unspecified atom stereocenters. The summed E-state index contributed by atoms with van der Waals surface area (Å²) in [5, 5.41) is 0.764. The zero-order valence-corrected chi connectivity index (χ0v) is 13.9. The third-order valence-electron chi connectivity index (χ3n) is 3.25. The van der Waals surface area contributed by atoms with E-state index in [0.29, 0.717) is 0 Å². The van der Waals surface area contributed by atoms with Crippen molar-refractivity contribution in [1.29, 1.82) is 0 Å². The third-order valence-corrected chi connectivity index (χ3v) is 4.19. The van der Waals surface area contributed by atoms with Crippen molar-refractivity contribution in [2.45, 2.75) is 19.5 Å². The Kier molecular flexibility index (Phi) is 5.08. The van der Waals surface area contributed by atoms with Gasteiger partial charge in [-0.2, -0.15) is 0 Å². The molecular formula is C16H18BrClN2. The minimum atomic E-state index is 0.0278. The summed E-state index contributed by atoms with van der Waals surface area (Å²) < 4.78 is 1.05. The van der Waals surface area contributed by atoms with E-state index in [9.17, 15) is 0 Å². The second-order valence-corrected chi connectivity index (χ2v) is 6.27. The predicted molar refractivity (Wildman–Crippen MR) is 90.3 cm³/mol. The maximum Gasteiger partial charge on any atom is 0.0426 e. The first-order valence-electron chi connectivity index (χ1n) is 6.48. The SMILES string of the molecule is C[C@@H](N)c1ccc(N(C)Cc2ccc(Cl)cc2)cc1Br. The Hall–Kier alpha value is -1.03. The summed E-state index contributed by atoms with van der Waals surface area (Å²) in [6, 6.07) is 14.2. The van der Waals surface area contributed by atoms with Crippen molar-refractivity contribution < 1.29 is 0 Å². The highest BCUT2D eigenvalue weighted by Crippen LogP contribution is 2.27. The molecule has 0 bridgehead atoms. The Morgan fingerprint density at radius 1 is 1.20 bits per heavy atom. The molecule has 2 nitrogen and oxygen atoms in total. The maximum absolute atomic E-state index is 5.92. The van der Waals surface area contributed by atoms with Crippen molar-refractivity contribution in [2.75, 3.05) is 11.9 Å². The van der Waals surface area contributed by atoms with Gasteiger partial charge >= 0.3 is 0 Å². The molecule has 0 fully saturated rings. The Morgan fingerprint density at radius 3 is 2.40 bits per heavy atom. The van der Waals surface area contributed by atoms with E-state index in [1.807, 2.05) is 31.2 Å². The fraction of sp³-hybridized carbons (Fsp3) is 0.250. The first-order chi connectivity index (χ1) is 9.47. The van der Waals surface area contributed by atoms with Gasteiger partial charge in [0, 0.05) is 34.8 Å². The van der Waals surface area contributed by atoms with Crippen LogP contribution in [0.1, 0.15) is 24.1 Å². The van der Waals surface area contributed by atoms with E-state index in [0.717, 1.165) is 27.3 Å². The summed E-state index contributed by atoms with van der Waals surface area (Å²) in [5.74, 6) is 0. The average molecular weight is 354 g/mol. The topological polar surface area (TPSA) is 29.3 Å². The van der Waals surface area contributed by atoms with E-state index in [2.05, 4.69) is 46.1 Å². The van der Waals surface area contributed by atoms with E-state index in [-0.39, 0.29) is 6.04 Å². The van der Waals surface area contributed by atoms with E-state index < -0.39 is 0 Å². The van der Waals surface area contributed by atoms with Gasteiger partial charge in [0.05, 0.1) is 0 Å². The minimum Gasteiger partial charge on any atom is -0.370 e. The van der Waals surface area contributed by atoms with Gasteiger partial charge in [-0.3, -0.25) is 0 Å². The molecule has 20 heavy (non-hydrogen) atoms. The molecule has 0 aliphatic rings. The minimum absolute atomic E-state index is 0.0278. The lowest BCUT2D eigenvalue weighted by molar-refractivity contribution is 0.812. The molecule has 106 valence electrons. The number of benzene rings is 2. The number of nitrogens with two attached hydrogens (primary N) is 1. The Balaban J connectivity index is 2.15. The molecule has 0 radical (unpaired) electrons. The van der Waals surface area contributed by atoms with Gasteiger partial charge < -0.3 is 10.6 Å². The highest BCUT2D eigenvalue weighted by molar-refractivity contribution is 9.10. The molecule has 0 aliphatic carbocycles. The molecule has 0 saturated carbocycles. The van der Waals surface area contributed by atoms with Crippen LogP contribution in [-0.2, 0) is 6.54 Å². The zero-order valence-electron chi connectivity index (χ0n) is 11.6. The highest BCUT2D eigenvalue weighted by Gasteiger charge is 2.08. The van der Waals surface area contributed by atoms with Crippen molar-refractivity contribution in [3.8, 4) is 0 Å². The molecule has 2 aromatic carbocycles. The maximum atomic E-state index is 5.92. The normalized spacial score (nSPS) is 12.2. The average Bonchev–Trinajstić information content (AvgIpc) is 2.40. The van der Waals surface area contributed by atoms with Gasteiger partial charge in [-0.25, -0.2) is 0 Å². The monoisotopic (exact) mass is 352 g/mol. The Labute approximate surface area is 133 Å². The molecule has 0 heterocycles. The smallest absolute Gasteiger partial charge is 0.0426 e. The van der Waals surface area contributed by atoms with Crippen LogP contribution in [0.25, 0.3) is 0 Å². The fourth-order valence-electron chi connectivity index (χ4n) is 2.08. The fourth-order valence-corrected chi connectivity index (χ4v) is 2.93. The van der Waals surface area contributed by atoms with Crippen LogP contribution in [0.5, 0.6) is 0 Å². The number of halogens is 2. The van der Waals surface area contributed by atoms with E-state index in [1.54, 1.807) is 0 Å². The predicted octanol–water partition coefficient (Wildman–Crippen LogP) is 4.76. The summed E-state index contributed by atoms with van der Waals surface area (Å²) in [5.41, 5.74) is 9.42. The molecular weight excluding hydrogens is 336 g/mol. The zero-order chi connectivity index (χ0) is 14.7. The van der Waals surface area contributed by atoms with Crippen LogP contribution in [0, 0.1) is 0 Å². The van der Waals surface area contributed by atoms with Gasteiger partial charge in [0.2, 0.25) is 0 Å². The summed E-state index contributed by atoms with van der Waals surface area (Å²) in [4.78, 5) is 2.19. The first kappa shape index (κ1) is 15.4. The third kappa shape index (κ3) is 3.75. The van der Waals surface area contributed by atoms with Crippen molar-refractivity contribution in [1.82, 2.24) is 0 Å². The lowest BCUT2D eigenvalue weighted by atomic mass is 10.1. The molecule has 2 rings (SSSR count). The van der Waals surface area contributed by atoms with Gasteiger partial charge in [0.15, 0.2) is 0 Å². The Bertz CT molecular complexity index is 582. The van der Waals surface area contributed by atoms with Crippen molar-refractivity contribution >= 4 is 33.2 Å². The quantitative estimate of drug-likeness (QED) is 0.858. The number of rotatable bonds is 4. The van der Waals surface area contributed by atoms with E-state index >= 15 is 0 Å². The molecule has 1 atom stereocenters. The lowest BCUT2D eigenvalue weighted by Gasteiger charge is -2.21. The second-order valence-electron chi connectivity index (χ2n) is 4.98. The van der Waals surface area contributed by atoms with Crippen molar-refractivity contribution in [3.63, 3.8) is 0 Å². The number of nitrogens with zero attached hydrogens (tertiary/aromatic N) is 1. The molecule has 0 spiro atoms. The largest absolute Gasteiger partial charge is 0.370 e. The van der Waals surface area contributed by atoms with Gasteiger partial charge in [-0.15, -0.1) is 0 Å². The Morgan fingerprint density at radius 2 is 1.85 bits per heavy atom. The van der Waals surface area contributed by atoms with Crippen molar-refractivity contribution in [3.05, 3.63) is 63.1 Å². The van der Waals surface area contributed by atoms with E-state index in [1.165, 1.54) is 5.56 Å². The van der Waals surface area contributed by atoms with Gasteiger partial charge in [0.1, 0.15) is 0 Å².